The van der Waals surface area contributed by atoms with Gasteiger partial charge in [-0.25, -0.2) is 4.98 Å². The molecule has 2 atom stereocenters. The van der Waals surface area contributed by atoms with Gasteiger partial charge in [-0.1, -0.05) is 26.7 Å². The normalized spacial score (nSPS) is 23.1. The minimum absolute atomic E-state index is 0.567. The van der Waals surface area contributed by atoms with Crippen molar-refractivity contribution in [1.29, 1.82) is 0 Å². The Morgan fingerprint density at radius 2 is 2.16 bits per heavy atom. The second-order valence-corrected chi connectivity index (χ2v) is 5.76. The third-order valence-corrected chi connectivity index (χ3v) is 3.68. The van der Waals surface area contributed by atoms with E-state index in [0.717, 1.165) is 36.3 Å². The van der Waals surface area contributed by atoms with Crippen LogP contribution in [-0.2, 0) is 0 Å². The fraction of sp³-hybridized carbons (Fsp3) is 0.733. The maximum absolute atomic E-state index is 4.56. The second-order valence-electron chi connectivity index (χ2n) is 5.76. The van der Waals surface area contributed by atoms with Crippen LogP contribution in [0.15, 0.2) is 6.07 Å². The van der Waals surface area contributed by atoms with Gasteiger partial charge in [0.2, 0.25) is 5.95 Å². The van der Waals surface area contributed by atoms with Crippen LogP contribution < -0.4 is 10.6 Å². The van der Waals surface area contributed by atoms with Crippen molar-refractivity contribution in [3.63, 3.8) is 0 Å². The van der Waals surface area contributed by atoms with E-state index in [9.17, 15) is 0 Å². The molecule has 1 aliphatic carbocycles. The number of anilines is 2. The van der Waals surface area contributed by atoms with Crippen molar-refractivity contribution in [2.75, 3.05) is 17.2 Å². The van der Waals surface area contributed by atoms with E-state index in [1.54, 1.807) is 0 Å². The van der Waals surface area contributed by atoms with E-state index in [0.29, 0.717) is 6.04 Å². The van der Waals surface area contributed by atoms with Gasteiger partial charge in [0.15, 0.2) is 0 Å². The minimum atomic E-state index is 0.567. The molecule has 0 aliphatic heterocycles. The summed E-state index contributed by atoms with van der Waals surface area (Å²) in [6.07, 6.45) is 6.28. The molecule has 19 heavy (non-hydrogen) atoms. The molecule has 0 radical (unpaired) electrons. The maximum atomic E-state index is 4.56. The lowest BCUT2D eigenvalue weighted by Gasteiger charge is -2.28. The average Bonchev–Trinajstić information content (AvgIpc) is 2.35. The molecule has 1 fully saturated rings. The third kappa shape index (κ3) is 4.37. The highest BCUT2D eigenvalue weighted by Gasteiger charge is 2.19. The van der Waals surface area contributed by atoms with Gasteiger partial charge in [-0.05, 0) is 32.1 Å². The second kappa shape index (κ2) is 6.73. The lowest BCUT2D eigenvalue weighted by Crippen LogP contribution is -2.26. The molecule has 0 aromatic carbocycles. The number of nitrogens with zero attached hydrogens (tertiary/aromatic N) is 2. The summed E-state index contributed by atoms with van der Waals surface area (Å²) in [5.74, 6) is 2.53. The molecule has 1 heterocycles. The summed E-state index contributed by atoms with van der Waals surface area (Å²) >= 11 is 0. The van der Waals surface area contributed by atoms with E-state index in [1.165, 1.54) is 25.7 Å². The van der Waals surface area contributed by atoms with Gasteiger partial charge >= 0.3 is 0 Å². The molecule has 0 amide bonds. The molecule has 1 aromatic heterocycles. The van der Waals surface area contributed by atoms with E-state index >= 15 is 0 Å². The SMILES string of the molecule is CCCNc1nc(C)cc(NC2CCCC(C)C2)n1. The van der Waals surface area contributed by atoms with Crippen LogP contribution in [0.1, 0.15) is 51.6 Å². The van der Waals surface area contributed by atoms with Crippen LogP contribution in [0.5, 0.6) is 0 Å². The molecular formula is C15H26N4. The van der Waals surface area contributed by atoms with Crippen LogP contribution in [0.25, 0.3) is 0 Å². The van der Waals surface area contributed by atoms with Crippen molar-refractivity contribution >= 4 is 11.8 Å². The average molecular weight is 262 g/mol. The van der Waals surface area contributed by atoms with Gasteiger partial charge in [0.05, 0.1) is 0 Å². The number of aromatic nitrogens is 2. The summed E-state index contributed by atoms with van der Waals surface area (Å²) in [6, 6.07) is 2.60. The molecule has 2 N–H and O–H groups in total. The zero-order chi connectivity index (χ0) is 13.7. The minimum Gasteiger partial charge on any atom is -0.367 e. The fourth-order valence-corrected chi connectivity index (χ4v) is 2.73. The highest BCUT2D eigenvalue weighted by molar-refractivity contribution is 5.42. The first-order chi connectivity index (χ1) is 9.17. The van der Waals surface area contributed by atoms with Gasteiger partial charge in [-0.2, -0.15) is 4.98 Å². The van der Waals surface area contributed by atoms with Crippen molar-refractivity contribution < 1.29 is 0 Å². The highest BCUT2D eigenvalue weighted by Crippen LogP contribution is 2.26. The number of nitrogens with one attached hydrogen (secondary N) is 2. The van der Waals surface area contributed by atoms with Gasteiger partial charge in [0.1, 0.15) is 5.82 Å². The Kier molecular flexibility index (Phi) is 5.00. The standard InChI is InChI=1S/C15H26N4/c1-4-8-16-15-17-12(3)10-14(19-15)18-13-7-5-6-11(2)9-13/h10-11,13H,4-9H2,1-3H3,(H2,16,17,18,19). The predicted molar refractivity (Wildman–Crippen MR) is 80.6 cm³/mol. The van der Waals surface area contributed by atoms with E-state index < -0.39 is 0 Å². The van der Waals surface area contributed by atoms with Crippen molar-refractivity contribution in [2.24, 2.45) is 5.92 Å². The van der Waals surface area contributed by atoms with Gasteiger partial charge in [-0.15, -0.1) is 0 Å². The first-order valence-electron chi connectivity index (χ1n) is 7.53. The molecule has 106 valence electrons. The molecular weight excluding hydrogens is 236 g/mol. The molecule has 0 saturated heterocycles. The van der Waals surface area contributed by atoms with Gasteiger partial charge in [-0.3, -0.25) is 0 Å². The molecule has 4 heteroatoms. The summed E-state index contributed by atoms with van der Waals surface area (Å²) < 4.78 is 0. The largest absolute Gasteiger partial charge is 0.367 e. The molecule has 4 nitrogen and oxygen atoms in total. The molecule has 1 aromatic rings. The Bertz CT molecular complexity index is 405. The van der Waals surface area contributed by atoms with Gasteiger partial charge < -0.3 is 10.6 Å². The zero-order valence-electron chi connectivity index (χ0n) is 12.4. The third-order valence-electron chi connectivity index (χ3n) is 3.68. The Morgan fingerprint density at radius 3 is 2.89 bits per heavy atom. The van der Waals surface area contributed by atoms with Crippen LogP contribution in [-0.4, -0.2) is 22.6 Å². The predicted octanol–water partition coefficient (Wildman–Crippen LogP) is 3.60. The van der Waals surface area contributed by atoms with E-state index in [1.807, 2.05) is 13.0 Å². The van der Waals surface area contributed by atoms with Crippen molar-refractivity contribution in [1.82, 2.24) is 9.97 Å². The molecule has 0 bridgehead atoms. The van der Waals surface area contributed by atoms with Crippen molar-refractivity contribution in [3.05, 3.63) is 11.8 Å². The lowest BCUT2D eigenvalue weighted by molar-refractivity contribution is 0.358. The Hall–Kier alpha value is -1.32. The van der Waals surface area contributed by atoms with Crippen LogP contribution >= 0.6 is 0 Å². The monoisotopic (exact) mass is 262 g/mol. The summed E-state index contributed by atoms with van der Waals surface area (Å²) in [7, 11) is 0. The molecule has 1 aliphatic rings. The summed E-state index contributed by atoms with van der Waals surface area (Å²) in [5.41, 5.74) is 1.01. The molecule has 2 unspecified atom stereocenters. The van der Waals surface area contributed by atoms with E-state index in [-0.39, 0.29) is 0 Å². The number of rotatable bonds is 5. The van der Waals surface area contributed by atoms with Crippen LogP contribution in [0.4, 0.5) is 11.8 Å². The van der Waals surface area contributed by atoms with Gasteiger partial charge in [0.25, 0.3) is 0 Å². The first-order valence-corrected chi connectivity index (χ1v) is 7.53. The topological polar surface area (TPSA) is 49.8 Å². The quantitative estimate of drug-likeness (QED) is 0.851. The molecule has 0 spiro atoms. The Labute approximate surface area is 116 Å². The summed E-state index contributed by atoms with van der Waals surface area (Å²) in [6.45, 7) is 7.43. The van der Waals surface area contributed by atoms with Crippen LogP contribution in [0.3, 0.4) is 0 Å². The molecule has 1 saturated carbocycles. The van der Waals surface area contributed by atoms with Crippen LogP contribution in [0.2, 0.25) is 0 Å². The van der Waals surface area contributed by atoms with E-state index in [4.69, 9.17) is 0 Å². The Morgan fingerprint density at radius 1 is 1.32 bits per heavy atom. The van der Waals surface area contributed by atoms with Crippen molar-refractivity contribution in [2.45, 2.75) is 58.9 Å². The maximum Gasteiger partial charge on any atom is 0.224 e. The van der Waals surface area contributed by atoms with Gasteiger partial charge in [0, 0.05) is 24.3 Å². The number of aryl methyl sites for hydroxylation is 1. The zero-order valence-corrected chi connectivity index (χ0v) is 12.4. The van der Waals surface area contributed by atoms with E-state index in [2.05, 4.69) is 34.4 Å². The summed E-state index contributed by atoms with van der Waals surface area (Å²) in [5, 5.41) is 6.84. The van der Waals surface area contributed by atoms with Crippen molar-refractivity contribution in [3.8, 4) is 0 Å². The highest BCUT2D eigenvalue weighted by atomic mass is 15.1. The number of hydrogen-bond donors (Lipinski definition) is 2. The first kappa shape index (κ1) is 14.1. The smallest absolute Gasteiger partial charge is 0.224 e. The lowest BCUT2D eigenvalue weighted by atomic mass is 9.87. The Balaban J connectivity index is 2.00. The van der Waals surface area contributed by atoms with Crippen LogP contribution in [0, 0.1) is 12.8 Å². The summed E-state index contributed by atoms with van der Waals surface area (Å²) in [4.78, 5) is 8.97. The fourth-order valence-electron chi connectivity index (χ4n) is 2.73. The number of hydrogen-bond acceptors (Lipinski definition) is 4. The molecule has 2 rings (SSSR count).